The molecule has 0 amide bonds. The highest BCUT2D eigenvalue weighted by Gasteiger charge is 2.45. The molecule has 2 aliphatic heterocycles. The number of carboxylic acid groups (broad SMARTS) is 1. The second kappa shape index (κ2) is 16.5. The summed E-state index contributed by atoms with van der Waals surface area (Å²) in [6, 6.07) is 9.07. The summed E-state index contributed by atoms with van der Waals surface area (Å²) in [5, 5.41) is 9.07. The molecule has 0 spiro atoms. The van der Waals surface area contributed by atoms with Gasteiger partial charge in [0.25, 0.3) is 30.4 Å². The normalized spacial score (nSPS) is 19.6. The maximum Gasteiger partial charge on any atom is 0.303 e. The predicted octanol–water partition coefficient (Wildman–Crippen LogP) is 7.14. The van der Waals surface area contributed by atoms with Crippen LogP contribution in [0.4, 0.5) is 11.4 Å². The standard InChI is InChI=1S/C40H50N2O11S3/c1-39(2)32-26-30(55(48,49)50)16-18-34(32)41(22-7-5-6-13-38(43)44)36(39)20-14-28-11-10-12-29(25-28)15-21-37-40(3,4)33-27-31(56(51,52)53)17-19-35(33)42(37)23-8-9-24-54(45,46)47/h14-21,25-27H,5-13,22-24H2,1-4H3,(H3-,43,44,45,46,47,48,49,50,51,52,53)/p+1. The van der Waals surface area contributed by atoms with E-state index in [1.165, 1.54) is 24.3 Å². The van der Waals surface area contributed by atoms with Crippen LogP contribution in [-0.4, -0.2) is 79.1 Å². The molecule has 0 radical (unpaired) electrons. The summed E-state index contributed by atoms with van der Waals surface area (Å²) in [6.07, 6.45) is 15.5. The minimum absolute atomic E-state index is 0.0887. The molecule has 13 nitrogen and oxygen atoms in total. The van der Waals surface area contributed by atoms with Gasteiger partial charge < -0.3 is 10.0 Å². The van der Waals surface area contributed by atoms with Gasteiger partial charge in [-0.15, -0.1) is 0 Å². The zero-order valence-corrected chi connectivity index (χ0v) is 34.6. The Bertz CT molecular complexity index is 2390. The van der Waals surface area contributed by atoms with Crippen molar-refractivity contribution in [2.45, 2.75) is 106 Å². The molecular weight excluding hydrogens is 781 g/mol. The average Bonchev–Trinajstić information content (AvgIpc) is 3.44. The van der Waals surface area contributed by atoms with E-state index in [4.69, 9.17) is 5.11 Å². The van der Waals surface area contributed by atoms with Gasteiger partial charge in [0.2, 0.25) is 5.69 Å². The topological polar surface area (TPSA) is 207 Å². The van der Waals surface area contributed by atoms with Crippen molar-refractivity contribution in [3.8, 4) is 0 Å². The van der Waals surface area contributed by atoms with Crippen molar-refractivity contribution in [3.63, 3.8) is 0 Å². The SMILES string of the molecule is CC1(C)C(=CC=C2C=C(C=CC3=[N+](CCCCCC(=O)O)c4ccc(S(=O)(=O)O)cc4C3(C)C)CCC2)N(CCCCS(=O)(=O)O)c2ccc(S(=O)(=O)O)cc21. The largest absolute Gasteiger partial charge is 0.481 e. The smallest absolute Gasteiger partial charge is 0.303 e. The summed E-state index contributed by atoms with van der Waals surface area (Å²) in [7, 11) is -13.0. The zero-order chi connectivity index (χ0) is 41.3. The summed E-state index contributed by atoms with van der Waals surface area (Å²) < 4.78 is 102. The minimum atomic E-state index is -4.46. The van der Waals surface area contributed by atoms with E-state index in [1.54, 1.807) is 12.1 Å². The fourth-order valence-electron chi connectivity index (χ4n) is 7.90. The maximum atomic E-state index is 12.1. The predicted molar refractivity (Wildman–Crippen MR) is 215 cm³/mol. The number of hydrogen-bond acceptors (Lipinski definition) is 8. The summed E-state index contributed by atoms with van der Waals surface area (Å²) in [5.74, 6) is -1.21. The average molecular weight is 832 g/mol. The van der Waals surface area contributed by atoms with Gasteiger partial charge >= 0.3 is 5.97 Å². The molecule has 16 heteroatoms. The van der Waals surface area contributed by atoms with Crippen LogP contribution in [0.1, 0.15) is 96.6 Å². The highest BCUT2D eigenvalue weighted by molar-refractivity contribution is 7.86. The Kier molecular flexibility index (Phi) is 12.7. The first-order chi connectivity index (χ1) is 26.0. The van der Waals surface area contributed by atoms with Crippen LogP contribution in [0.5, 0.6) is 0 Å². The van der Waals surface area contributed by atoms with Crippen LogP contribution < -0.4 is 4.90 Å². The summed E-state index contributed by atoms with van der Waals surface area (Å²) >= 11 is 0. The Morgan fingerprint density at radius 3 is 2.09 bits per heavy atom. The van der Waals surface area contributed by atoms with Crippen molar-refractivity contribution >= 4 is 53.4 Å². The molecule has 2 aromatic rings. The Morgan fingerprint density at radius 2 is 1.45 bits per heavy atom. The van der Waals surface area contributed by atoms with Gasteiger partial charge in [0.15, 0.2) is 5.71 Å². The van der Waals surface area contributed by atoms with Gasteiger partial charge in [-0.25, -0.2) is 0 Å². The van der Waals surface area contributed by atoms with Crippen molar-refractivity contribution in [2.24, 2.45) is 0 Å². The molecule has 0 atom stereocenters. The number of fused-ring (bicyclic) bond motifs is 2. The summed E-state index contributed by atoms with van der Waals surface area (Å²) in [6.45, 7) is 8.94. The van der Waals surface area contributed by atoms with E-state index < -0.39 is 47.2 Å². The number of hydrogen-bond donors (Lipinski definition) is 4. The highest BCUT2D eigenvalue weighted by atomic mass is 32.2. The number of carboxylic acids is 1. The van der Waals surface area contributed by atoms with Gasteiger partial charge in [0.05, 0.1) is 21.0 Å². The Labute approximate surface area is 330 Å². The molecule has 5 rings (SSSR count). The van der Waals surface area contributed by atoms with Crippen LogP contribution >= 0.6 is 0 Å². The van der Waals surface area contributed by atoms with Crippen molar-refractivity contribution < 1.29 is 53.4 Å². The van der Waals surface area contributed by atoms with Gasteiger partial charge in [0, 0.05) is 53.9 Å². The molecule has 0 fully saturated rings. The molecule has 0 unspecified atom stereocenters. The Hall–Kier alpha value is -3.93. The summed E-state index contributed by atoms with van der Waals surface area (Å²) in [5.41, 5.74) is 5.68. The lowest BCUT2D eigenvalue weighted by molar-refractivity contribution is -0.438. The molecule has 2 aromatic carbocycles. The molecule has 304 valence electrons. The van der Waals surface area contributed by atoms with Crippen LogP contribution in [0.2, 0.25) is 0 Å². The molecular formula is C40H51N2O11S3+. The Morgan fingerprint density at radius 1 is 0.786 bits per heavy atom. The van der Waals surface area contributed by atoms with Gasteiger partial charge in [0.1, 0.15) is 6.54 Å². The monoisotopic (exact) mass is 831 g/mol. The lowest BCUT2D eigenvalue weighted by atomic mass is 9.81. The van der Waals surface area contributed by atoms with Gasteiger partial charge in [-0.1, -0.05) is 32.1 Å². The summed E-state index contributed by atoms with van der Waals surface area (Å²) in [4.78, 5) is 12.7. The molecule has 0 aromatic heterocycles. The number of allylic oxidation sites excluding steroid dienone is 8. The second-order valence-corrected chi connectivity index (χ2v) is 20.1. The minimum Gasteiger partial charge on any atom is -0.481 e. The molecule has 0 saturated heterocycles. The van der Waals surface area contributed by atoms with E-state index >= 15 is 0 Å². The van der Waals surface area contributed by atoms with Crippen molar-refractivity contribution in [2.75, 3.05) is 23.7 Å². The Balaban J connectivity index is 1.47. The molecule has 2 heterocycles. The molecule has 56 heavy (non-hydrogen) atoms. The number of unbranched alkanes of at least 4 members (excludes halogenated alkanes) is 3. The number of rotatable bonds is 16. The number of carbonyl (C=O) groups is 1. The first-order valence-electron chi connectivity index (χ1n) is 18.6. The highest BCUT2D eigenvalue weighted by Crippen LogP contribution is 2.49. The third-order valence-corrected chi connectivity index (χ3v) is 13.3. The molecule has 4 N–H and O–H groups in total. The fourth-order valence-corrected chi connectivity index (χ4v) is 9.49. The van der Waals surface area contributed by atoms with E-state index in [0.29, 0.717) is 37.9 Å². The van der Waals surface area contributed by atoms with E-state index in [0.717, 1.165) is 65.2 Å². The number of benzene rings is 2. The van der Waals surface area contributed by atoms with E-state index in [1.807, 2.05) is 44.7 Å². The van der Waals surface area contributed by atoms with Gasteiger partial charge in [-0.3, -0.25) is 18.5 Å². The second-order valence-electron chi connectivity index (χ2n) is 15.6. The third kappa shape index (κ3) is 9.95. The van der Waals surface area contributed by atoms with Crippen molar-refractivity contribution in [3.05, 3.63) is 94.7 Å². The van der Waals surface area contributed by atoms with E-state index in [-0.39, 0.29) is 28.4 Å². The van der Waals surface area contributed by atoms with Crippen LogP contribution in [0.25, 0.3) is 0 Å². The molecule has 1 aliphatic carbocycles. The van der Waals surface area contributed by atoms with Gasteiger partial charge in [-0.05, 0) is 112 Å². The van der Waals surface area contributed by atoms with Crippen molar-refractivity contribution in [1.29, 1.82) is 0 Å². The van der Waals surface area contributed by atoms with E-state index in [9.17, 15) is 43.7 Å². The molecule has 0 bridgehead atoms. The maximum absolute atomic E-state index is 12.1. The third-order valence-electron chi connectivity index (χ3n) is 10.8. The van der Waals surface area contributed by atoms with Crippen LogP contribution in [0.3, 0.4) is 0 Å². The lowest BCUT2D eigenvalue weighted by Crippen LogP contribution is -2.28. The zero-order valence-electron chi connectivity index (χ0n) is 32.1. The van der Waals surface area contributed by atoms with E-state index in [2.05, 4.69) is 22.8 Å². The fraction of sp³-hybridized carbons (Fsp3) is 0.450. The quantitative estimate of drug-likeness (QED) is 0.0757. The molecule has 0 saturated carbocycles. The van der Waals surface area contributed by atoms with Gasteiger partial charge in [-0.2, -0.15) is 29.8 Å². The first-order valence-corrected chi connectivity index (χ1v) is 23.1. The lowest BCUT2D eigenvalue weighted by Gasteiger charge is -2.27. The van der Waals surface area contributed by atoms with Crippen LogP contribution in [0.15, 0.2) is 93.4 Å². The van der Waals surface area contributed by atoms with Crippen molar-refractivity contribution in [1.82, 2.24) is 0 Å². The van der Waals surface area contributed by atoms with Crippen LogP contribution in [0, 0.1) is 0 Å². The number of nitrogens with zero attached hydrogens (tertiary/aromatic N) is 2. The number of aliphatic carboxylic acids is 1. The number of anilines is 1. The first kappa shape index (κ1) is 43.2. The van der Waals surface area contributed by atoms with Crippen LogP contribution in [-0.2, 0) is 46.0 Å². The molecule has 3 aliphatic rings.